The van der Waals surface area contributed by atoms with Crippen molar-refractivity contribution in [3.63, 3.8) is 0 Å². The number of rotatable bonds is 4. The van der Waals surface area contributed by atoms with E-state index in [1.807, 2.05) is 0 Å². The molecule has 3 heterocycles. The summed E-state index contributed by atoms with van der Waals surface area (Å²) in [5.41, 5.74) is 10.4. The zero-order chi connectivity index (χ0) is 36.7. The molecule has 9 aromatic carbocycles. The molecular formula is C53H32N2O. The highest BCUT2D eigenvalue weighted by molar-refractivity contribution is 6.44. The molecule has 0 radical (unpaired) electrons. The standard InChI is InChI=1S/C53H32N2O/c1-3-16-33(17-4-1)35-20-15-21-36(30-35)44-31-37(34-18-5-2-6-19-34)32-47(54-44)55-45-28-13-11-26-42(45)50-48-40-24-9-7-22-38(40)39-23-8-10-25-41(39)49(48)51-43-27-12-14-29-46(43)56-53(51)52(50)55/h1-32H. The van der Waals surface area contributed by atoms with Crippen molar-refractivity contribution in [3.8, 4) is 39.3 Å². The van der Waals surface area contributed by atoms with Crippen LogP contribution in [0.5, 0.6) is 0 Å². The highest BCUT2D eigenvalue weighted by Gasteiger charge is 2.26. The summed E-state index contributed by atoms with van der Waals surface area (Å²) >= 11 is 0. The molecule has 12 aromatic rings. The molecule has 0 fully saturated rings. The van der Waals surface area contributed by atoms with Crippen LogP contribution in [0.15, 0.2) is 199 Å². The maximum absolute atomic E-state index is 7.07. The van der Waals surface area contributed by atoms with Crippen molar-refractivity contribution in [2.45, 2.75) is 0 Å². The maximum Gasteiger partial charge on any atom is 0.160 e. The lowest BCUT2D eigenvalue weighted by atomic mass is 9.89. The number of fused-ring (bicyclic) bond motifs is 15. The van der Waals surface area contributed by atoms with Crippen LogP contribution in [0.25, 0.3) is 115 Å². The molecule has 3 aromatic heterocycles. The molecule has 0 atom stereocenters. The molecule has 0 amide bonds. The predicted octanol–water partition coefficient (Wildman–Crippen LogP) is 14.5. The third-order valence-corrected chi connectivity index (χ3v) is 11.5. The smallest absolute Gasteiger partial charge is 0.160 e. The van der Waals surface area contributed by atoms with Gasteiger partial charge in [-0.05, 0) is 74.1 Å². The quantitative estimate of drug-likeness (QED) is 0.170. The minimum absolute atomic E-state index is 0.837. The molecule has 0 spiro atoms. The minimum atomic E-state index is 0.837. The van der Waals surface area contributed by atoms with E-state index in [1.54, 1.807) is 0 Å². The summed E-state index contributed by atoms with van der Waals surface area (Å²) in [6.45, 7) is 0. The summed E-state index contributed by atoms with van der Waals surface area (Å²) in [7, 11) is 0. The maximum atomic E-state index is 7.07. The largest absolute Gasteiger partial charge is 0.454 e. The number of benzene rings is 9. The summed E-state index contributed by atoms with van der Waals surface area (Å²) in [5.74, 6) is 0.837. The summed E-state index contributed by atoms with van der Waals surface area (Å²) in [6, 6.07) is 69.3. The Balaban J connectivity index is 1.28. The molecule has 0 bridgehead atoms. The molecule has 260 valence electrons. The van der Waals surface area contributed by atoms with Crippen LogP contribution in [0.2, 0.25) is 0 Å². The first-order valence-corrected chi connectivity index (χ1v) is 19.1. The van der Waals surface area contributed by atoms with Crippen molar-refractivity contribution in [2.75, 3.05) is 0 Å². The highest BCUT2D eigenvalue weighted by Crippen LogP contribution is 2.50. The molecule has 0 saturated heterocycles. The lowest BCUT2D eigenvalue weighted by molar-refractivity contribution is 0.671. The number of nitrogens with zero attached hydrogens (tertiary/aromatic N) is 2. The summed E-state index contributed by atoms with van der Waals surface area (Å²) in [4.78, 5) is 5.58. The van der Waals surface area contributed by atoms with Gasteiger partial charge in [-0.25, -0.2) is 4.98 Å². The van der Waals surface area contributed by atoms with E-state index >= 15 is 0 Å². The van der Waals surface area contributed by atoms with E-state index < -0.39 is 0 Å². The van der Waals surface area contributed by atoms with Gasteiger partial charge in [-0.15, -0.1) is 0 Å². The van der Waals surface area contributed by atoms with E-state index in [0.717, 1.165) is 72.1 Å². The van der Waals surface area contributed by atoms with Crippen LogP contribution in [-0.4, -0.2) is 9.55 Å². The highest BCUT2D eigenvalue weighted by atomic mass is 16.3. The monoisotopic (exact) mass is 712 g/mol. The van der Waals surface area contributed by atoms with Crippen LogP contribution in [0, 0.1) is 0 Å². The molecule has 12 rings (SSSR count). The van der Waals surface area contributed by atoms with E-state index in [9.17, 15) is 0 Å². The second-order valence-corrected chi connectivity index (χ2v) is 14.6. The first-order valence-electron chi connectivity index (χ1n) is 19.1. The van der Waals surface area contributed by atoms with Crippen LogP contribution < -0.4 is 0 Å². The SMILES string of the molecule is c1ccc(-c2cccc(-c3cc(-c4ccccc4)cc(-n4c5ccccc5c5c6c7ccccc7c7ccccc7c6c6c7ccccc7oc6c54)n3)c2)cc1. The first kappa shape index (κ1) is 30.9. The van der Waals surface area contributed by atoms with Gasteiger partial charge >= 0.3 is 0 Å². The second kappa shape index (κ2) is 12.0. The van der Waals surface area contributed by atoms with Gasteiger partial charge in [-0.3, -0.25) is 4.57 Å². The van der Waals surface area contributed by atoms with Crippen molar-refractivity contribution < 1.29 is 4.42 Å². The number of furan rings is 1. The van der Waals surface area contributed by atoms with Crippen molar-refractivity contribution in [3.05, 3.63) is 194 Å². The fourth-order valence-corrected chi connectivity index (χ4v) is 9.13. The third kappa shape index (κ3) is 4.49. The Bertz CT molecular complexity index is 3520. The fourth-order valence-electron chi connectivity index (χ4n) is 9.13. The van der Waals surface area contributed by atoms with Crippen LogP contribution in [0.4, 0.5) is 0 Å². The van der Waals surface area contributed by atoms with Crippen molar-refractivity contribution in [1.29, 1.82) is 0 Å². The van der Waals surface area contributed by atoms with Gasteiger partial charge in [0.15, 0.2) is 5.58 Å². The molecule has 0 unspecified atom stereocenters. The van der Waals surface area contributed by atoms with E-state index in [4.69, 9.17) is 9.40 Å². The molecule has 0 N–H and O–H groups in total. The Kier molecular flexibility index (Phi) is 6.63. The Labute approximate surface area is 322 Å². The van der Waals surface area contributed by atoms with Crippen LogP contribution in [0.1, 0.15) is 0 Å². The molecule has 0 aliphatic heterocycles. The Morgan fingerprint density at radius 2 is 0.893 bits per heavy atom. The molecule has 0 aliphatic carbocycles. The number of hydrogen-bond donors (Lipinski definition) is 0. The lowest BCUT2D eigenvalue weighted by Crippen LogP contribution is -2.00. The Morgan fingerprint density at radius 1 is 0.357 bits per heavy atom. The van der Waals surface area contributed by atoms with Crippen molar-refractivity contribution in [1.82, 2.24) is 9.55 Å². The Hall–Kier alpha value is -7.49. The van der Waals surface area contributed by atoms with Crippen LogP contribution in [0.3, 0.4) is 0 Å². The van der Waals surface area contributed by atoms with Gasteiger partial charge in [0.05, 0.1) is 16.7 Å². The molecule has 0 saturated carbocycles. The third-order valence-electron chi connectivity index (χ3n) is 11.5. The minimum Gasteiger partial charge on any atom is -0.454 e. The zero-order valence-electron chi connectivity index (χ0n) is 30.3. The van der Waals surface area contributed by atoms with Crippen LogP contribution >= 0.6 is 0 Å². The Morgan fingerprint density at radius 3 is 1.61 bits per heavy atom. The first-order chi connectivity index (χ1) is 27.8. The lowest BCUT2D eigenvalue weighted by Gasteiger charge is -2.15. The topological polar surface area (TPSA) is 31.0 Å². The molecular weight excluding hydrogens is 681 g/mol. The predicted molar refractivity (Wildman–Crippen MR) is 235 cm³/mol. The zero-order valence-corrected chi connectivity index (χ0v) is 30.3. The molecule has 0 aliphatic rings. The summed E-state index contributed by atoms with van der Waals surface area (Å²) in [5, 5.41) is 12.0. The van der Waals surface area contributed by atoms with Crippen molar-refractivity contribution in [2.24, 2.45) is 0 Å². The van der Waals surface area contributed by atoms with Gasteiger partial charge in [-0.1, -0.05) is 164 Å². The average molecular weight is 713 g/mol. The summed E-state index contributed by atoms with van der Waals surface area (Å²) < 4.78 is 9.43. The van der Waals surface area contributed by atoms with Crippen LogP contribution in [-0.2, 0) is 0 Å². The second-order valence-electron chi connectivity index (χ2n) is 14.6. The number of para-hydroxylation sites is 2. The number of hydrogen-bond acceptors (Lipinski definition) is 2. The van der Waals surface area contributed by atoms with Crippen molar-refractivity contribution >= 4 is 76.1 Å². The van der Waals surface area contributed by atoms with E-state index in [-0.39, 0.29) is 0 Å². The molecule has 3 nitrogen and oxygen atoms in total. The normalized spacial score (nSPS) is 11.9. The number of pyridine rings is 1. The van der Waals surface area contributed by atoms with Gasteiger partial charge in [-0.2, -0.15) is 0 Å². The van der Waals surface area contributed by atoms with E-state index in [2.05, 4.69) is 199 Å². The fraction of sp³-hybridized carbons (Fsp3) is 0. The average Bonchev–Trinajstić information content (AvgIpc) is 3.84. The van der Waals surface area contributed by atoms with E-state index in [0.29, 0.717) is 0 Å². The van der Waals surface area contributed by atoms with Gasteiger partial charge in [0.2, 0.25) is 0 Å². The van der Waals surface area contributed by atoms with E-state index in [1.165, 1.54) is 43.3 Å². The van der Waals surface area contributed by atoms with Gasteiger partial charge < -0.3 is 4.42 Å². The summed E-state index contributed by atoms with van der Waals surface area (Å²) in [6.07, 6.45) is 0. The molecule has 56 heavy (non-hydrogen) atoms. The molecule has 3 heteroatoms. The van der Waals surface area contributed by atoms with Gasteiger partial charge in [0.25, 0.3) is 0 Å². The number of aromatic nitrogens is 2. The van der Waals surface area contributed by atoms with Gasteiger partial charge in [0, 0.05) is 37.9 Å². The van der Waals surface area contributed by atoms with Gasteiger partial charge in [0.1, 0.15) is 11.4 Å².